The Morgan fingerprint density at radius 1 is 1.21 bits per heavy atom. The average molecular weight is 323 g/mol. The first-order chi connectivity index (χ1) is 11.6. The van der Waals surface area contributed by atoms with Crippen LogP contribution in [0.1, 0.15) is 23.7 Å². The lowest BCUT2D eigenvalue weighted by Crippen LogP contribution is -2.19. The van der Waals surface area contributed by atoms with Gasteiger partial charge in [-0.3, -0.25) is 9.80 Å². The van der Waals surface area contributed by atoms with Crippen molar-refractivity contribution in [3.05, 3.63) is 60.2 Å². The van der Waals surface area contributed by atoms with Crippen molar-refractivity contribution in [1.82, 2.24) is 0 Å². The quantitative estimate of drug-likeness (QED) is 0.456. The van der Waals surface area contributed by atoms with Crippen molar-refractivity contribution in [3.8, 4) is 5.75 Å². The molecule has 0 amide bonds. The predicted molar refractivity (Wildman–Crippen MR) is 97.6 cm³/mol. The molecular weight excluding hydrogens is 302 g/mol. The number of benzene rings is 2. The van der Waals surface area contributed by atoms with Crippen molar-refractivity contribution >= 4 is 23.4 Å². The molecule has 0 unspecified atom stereocenters. The topological polar surface area (TPSA) is 65.8 Å². The summed E-state index contributed by atoms with van der Waals surface area (Å²) in [5.41, 5.74) is 2.60. The highest BCUT2D eigenvalue weighted by molar-refractivity contribution is 6.40. The second-order valence-corrected chi connectivity index (χ2v) is 5.31. The number of hydrogen-bond donors (Lipinski definition) is 1. The van der Waals surface area contributed by atoms with E-state index in [-0.39, 0.29) is 0 Å². The van der Waals surface area contributed by atoms with Crippen molar-refractivity contribution in [2.24, 2.45) is 5.10 Å². The van der Waals surface area contributed by atoms with E-state index in [2.05, 4.69) is 5.10 Å². The first-order valence-electron chi connectivity index (χ1n) is 7.70. The van der Waals surface area contributed by atoms with E-state index in [4.69, 9.17) is 10.1 Å². The number of hydrogen-bond acceptors (Lipinski definition) is 5. The lowest BCUT2D eigenvalue weighted by atomic mass is 10.2. The van der Waals surface area contributed by atoms with Gasteiger partial charge in [-0.1, -0.05) is 30.3 Å². The maximum absolute atomic E-state index is 10.7. The normalized spacial score (nSPS) is 11.0. The van der Waals surface area contributed by atoms with E-state index in [0.29, 0.717) is 35.8 Å². The first-order valence-corrected chi connectivity index (χ1v) is 7.70. The zero-order valence-corrected chi connectivity index (χ0v) is 13.9. The van der Waals surface area contributed by atoms with Crippen LogP contribution in [-0.4, -0.2) is 31.4 Å². The average Bonchev–Trinajstić information content (AvgIpc) is 2.62. The fraction of sp³-hybridized carbons (Fsp3) is 0.211. The van der Waals surface area contributed by atoms with Gasteiger partial charge >= 0.3 is 0 Å². The summed E-state index contributed by atoms with van der Waals surface area (Å²) in [6.07, 6.45) is 1.23. The molecule has 5 nitrogen and oxygen atoms in total. The maximum atomic E-state index is 10.7. The summed E-state index contributed by atoms with van der Waals surface area (Å²) in [5.74, 6) is 0.628. The molecule has 2 rings (SSSR count). The Morgan fingerprint density at radius 3 is 2.67 bits per heavy atom. The molecule has 0 heterocycles. The minimum atomic E-state index is 0.364. The molecule has 0 saturated carbocycles. The molecule has 0 aromatic heterocycles. The Morgan fingerprint density at radius 2 is 1.96 bits per heavy atom. The predicted octanol–water partition coefficient (Wildman–Crippen LogP) is 3.80. The molecule has 0 atom stereocenters. The van der Waals surface area contributed by atoms with Crippen LogP contribution in [0, 0.1) is 5.41 Å². The van der Waals surface area contributed by atoms with E-state index >= 15 is 0 Å². The van der Waals surface area contributed by atoms with Gasteiger partial charge in [-0.25, -0.2) is 0 Å². The van der Waals surface area contributed by atoms with Crippen LogP contribution in [0.5, 0.6) is 5.75 Å². The minimum Gasteiger partial charge on any atom is -0.493 e. The second kappa shape index (κ2) is 8.62. The van der Waals surface area contributed by atoms with Crippen LogP contribution in [0.4, 0.5) is 5.69 Å². The van der Waals surface area contributed by atoms with Gasteiger partial charge in [0.25, 0.3) is 0 Å². The van der Waals surface area contributed by atoms with Crippen LogP contribution >= 0.6 is 0 Å². The Kier molecular flexibility index (Phi) is 6.25. The number of nitrogens with zero attached hydrogens (tertiary/aromatic N) is 2. The highest BCUT2D eigenvalue weighted by Crippen LogP contribution is 2.13. The third kappa shape index (κ3) is 5.05. The van der Waals surface area contributed by atoms with Crippen LogP contribution in [0.15, 0.2) is 59.7 Å². The van der Waals surface area contributed by atoms with E-state index < -0.39 is 0 Å². The van der Waals surface area contributed by atoms with E-state index in [1.165, 1.54) is 0 Å². The summed E-state index contributed by atoms with van der Waals surface area (Å²) >= 11 is 0. The zero-order chi connectivity index (χ0) is 17.4. The molecule has 0 radical (unpaired) electrons. The van der Waals surface area contributed by atoms with Crippen molar-refractivity contribution in [1.29, 1.82) is 5.41 Å². The molecule has 0 aliphatic heterocycles. The Bertz CT molecular complexity index is 726. The van der Waals surface area contributed by atoms with Crippen LogP contribution < -0.4 is 9.75 Å². The molecule has 0 aliphatic rings. The Balaban J connectivity index is 1.87. The molecule has 0 spiro atoms. The van der Waals surface area contributed by atoms with Crippen molar-refractivity contribution < 1.29 is 9.53 Å². The summed E-state index contributed by atoms with van der Waals surface area (Å²) in [6.45, 7) is 2.18. The SMILES string of the molecule is C/C(=N/N(C)c1ccccc1)C(=N)CCOc1cccc(C=O)c1. The van der Waals surface area contributed by atoms with Gasteiger partial charge < -0.3 is 10.1 Å². The van der Waals surface area contributed by atoms with Crippen LogP contribution in [-0.2, 0) is 0 Å². The third-order valence-electron chi connectivity index (χ3n) is 3.48. The number of ether oxygens (including phenoxy) is 1. The number of carbonyl (C=O) groups excluding carboxylic acids is 1. The first kappa shape index (κ1) is 17.4. The summed E-state index contributed by atoms with van der Waals surface area (Å²) in [5, 5.41) is 14.3. The molecule has 5 heteroatoms. The summed E-state index contributed by atoms with van der Waals surface area (Å²) in [4.78, 5) is 10.7. The van der Waals surface area contributed by atoms with Gasteiger partial charge in [0.05, 0.1) is 23.7 Å². The van der Waals surface area contributed by atoms with Crippen molar-refractivity contribution in [2.75, 3.05) is 18.7 Å². The third-order valence-corrected chi connectivity index (χ3v) is 3.48. The number of nitrogens with one attached hydrogen (secondary N) is 1. The van der Waals surface area contributed by atoms with Gasteiger partial charge in [0.2, 0.25) is 0 Å². The van der Waals surface area contributed by atoms with Crippen molar-refractivity contribution in [2.45, 2.75) is 13.3 Å². The molecule has 0 fully saturated rings. The van der Waals surface area contributed by atoms with Gasteiger partial charge in [-0.05, 0) is 31.2 Å². The van der Waals surface area contributed by atoms with E-state index in [9.17, 15) is 4.79 Å². The molecule has 2 aromatic carbocycles. The molecule has 0 aliphatic carbocycles. The van der Waals surface area contributed by atoms with Gasteiger partial charge in [0.1, 0.15) is 12.0 Å². The lowest BCUT2D eigenvalue weighted by molar-refractivity contribution is 0.112. The number of aldehydes is 1. The largest absolute Gasteiger partial charge is 0.493 e. The molecule has 0 bridgehead atoms. The summed E-state index contributed by atoms with van der Waals surface area (Å²) in [6, 6.07) is 16.7. The molecule has 2 aromatic rings. The second-order valence-electron chi connectivity index (χ2n) is 5.31. The standard InChI is InChI=1S/C19H21N3O2/c1-15(21-22(2)17-8-4-3-5-9-17)19(20)11-12-24-18-10-6-7-16(13-18)14-23/h3-10,13-14,20H,11-12H2,1-2H3/b20-19?,21-15-. The maximum Gasteiger partial charge on any atom is 0.150 e. The Hall–Kier alpha value is -2.95. The van der Waals surface area contributed by atoms with Gasteiger partial charge in [0, 0.05) is 19.0 Å². The lowest BCUT2D eigenvalue weighted by Gasteiger charge is -2.15. The van der Waals surface area contributed by atoms with Crippen LogP contribution in [0.25, 0.3) is 0 Å². The number of anilines is 1. The van der Waals surface area contributed by atoms with E-state index in [0.717, 1.165) is 12.0 Å². The number of hydrazone groups is 1. The molecule has 1 N–H and O–H groups in total. The van der Waals surface area contributed by atoms with Crippen LogP contribution in [0.3, 0.4) is 0 Å². The molecule has 24 heavy (non-hydrogen) atoms. The summed E-state index contributed by atoms with van der Waals surface area (Å²) in [7, 11) is 1.85. The highest BCUT2D eigenvalue weighted by Gasteiger charge is 2.05. The molecule has 124 valence electrons. The smallest absolute Gasteiger partial charge is 0.150 e. The fourth-order valence-electron chi connectivity index (χ4n) is 2.12. The molecular formula is C19H21N3O2. The zero-order valence-electron chi connectivity index (χ0n) is 13.9. The van der Waals surface area contributed by atoms with E-state index in [1.54, 1.807) is 29.3 Å². The minimum absolute atomic E-state index is 0.364. The highest BCUT2D eigenvalue weighted by atomic mass is 16.5. The van der Waals surface area contributed by atoms with E-state index in [1.807, 2.05) is 44.3 Å². The fourth-order valence-corrected chi connectivity index (χ4v) is 2.12. The number of rotatable bonds is 8. The summed E-state index contributed by atoms with van der Waals surface area (Å²) < 4.78 is 5.59. The van der Waals surface area contributed by atoms with Gasteiger partial charge in [-0.15, -0.1) is 0 Å². The van der Waals surface area contributed by atoms with Crippen molar-refractivity contribution in [3.63, 3.8) is 0 Å². The van der Waals surface area contributed by atoms with Gasteiger partial charge in [0.15, 0.2) is 0 Å². The van der Waals surface area contributed by atoms with Gasteiger partial charge in [-0.2, -0.15) is 5.10 Å². The van der Waals surface area contributed by atoms with Crippen LogP contribution in [0.2, 0.25) is 0 Å². The Labute approximate surface area is 142 Å². The monoisotopic (exact) mass is 323 g/mol. The number of carbonyl (C=O) groups is 1. The number of para-hydroxylation sites is 1. The molecule has 0 saturated heterocycles.